The van der Waals surface area contributed by atoms with E-state index in [-0.39, 0.29) is 29.8 Å². The minimum atomic E-state index is -0.310. The SMILES string of the molecule is NC(c1ccc(C(=O)Nc2ccncc2)cc1)C1CCCN1C(=O)C1CCc2cc(Cl)ccc21. The number of hydrogen-bond donors (Lipinski definition) is 2. The van der Waals surface area contributed by atoms with Gasteiger partial charge in [0, 0.05) is 35.2 Å². The molecule has 3 atom stereocenters. The Kier molecular flexibility index (Phi) is 6.35. The van der Waals surface area contributed by atoms with Gasteiger partial charge in [0.15, 0.2) is 0 Å². The highest BCUT2D eigenvalue weighted by atomic mass is 35.5. The van der Waals surface area contributed by atoms with Crippen LogP contribution < -0.4 is 11.1 Å². The number of hydrogen-bond acceptors (Lipinski definition) is 4. The topological polar surface area (TPSA) is 88.3 Å². The molecule has 0 bridgehead atoms. The standard InChI is InChI=1S/C27H27ClN4O2/c28-20-8-10-22-19(16-20)7-9-23(22)27(34)32-15-1-2-24(32)25(29)17-3-5-18(6-4-17)26(33)31-21-11-13-30-14-12-21/h3-6,8,10-14,16,23-25H,1-2,7,9,15,29H2,(H,30,31,33). The smallest absolute Gasteiger partial charge is 0.255 e. The van der Waals surface area contributed by atoms with Gasteiger partial charge in [0.1, 0.15) is 0 Å². The quantitative estimate of drug-likeness (QED) is 0.560. The Bertz CT molecular complexity index is 1200. The molecule has 1 aliphatic heterocycles. The van der Waals surface area contributed by atoms with Crippen molar-refractivity contribution >= 4 is 29.1 Å². The molecule has 1 saturated heterocycles. The first-order valence-electron chi connectivity index (χ1n) is 11.7. The van der Waals surface area contributed by atoms with Gasteiger partial charge < -0.3 is 16.0 Å². The summed E-state index contributed by atoms with van der Waals surface area (Å²) in [5.74, 6) is -0.157. The zero-order valence-electron chi connectivity index (χ0n) is 18.8. The van der Waals surface area contributed by atoms with Crippen molar-refractivity contribution in [3.8, 4) is 0 Å². The molecular weight excluding hydrogens is 448 g/mol. The summed E-state index contributed by atoms with van der Waals surface area (Å²) in [7, 11) is 0. The number of nitrogens with zero attached hydrogens (tertiary/aromatic N) is 2. The lowest BCUT2D eigenvalue weighted by molar-refractivity contribution is -0.134. The van der Waals surface area contributed by atoms with Crippen LogP contribution >= 0.6 is 11.6 Å². The van der Waals surface area contributed by atoms with Gasteiger partial charge in [-0.2, -0.15) is 0 Å². The molecule has 5 rings (SSSR count). The van der Waals surface area contributed by atoms with E-state index >= 15 is 0 Å². The van der Waals surface area contributed by atoms with E-state index in [2.05, 4.69) is 10.3 Å². The number of aryl methyl sites for hydroxylation is 1. The molecule has 1 aromatic heterocycles. The molecule has 2 amide bonds. The molecule has 2 aliphatic rings. The Hall–Kier alpha value is -3.22. The minimum absolute atomic E-state index is 0.0552. The van der Waals surface area contributed by atoms with Gasteiger partial charge in [-0.25, -0.2) is 0 Å². The van der Waals surface area contributed by atoms with Crippen LogP contribution in [0.5, 0.6) is 0 Å². The highest BCUT2D eigenvalue weighted by molar-refractivity contribution is 6.30. The highest BCUT2D eigenvalue weighted by Crippen LogP contribution is 2.38. The van der Waals surface area contributed by atoms with Crippen LogP contribution in [0.1, 0.15) is 58.3 Å². The Morgan fingerprint density at radius 1 is 1.06 bits per heavy atom. The van der Waals surface area contributed by atoms with Crippen LogP contribution in [0.4, 0.5) is 5.69 Å². The molecule has 0 radical (unpaired) electrons. The number of pyridine rings is 1. The van der Waals surface area contributed by atoms with Crippen molar-refractivity contribution in [3.63, 3.8) is 0 Å². The van der Waals surface area contributed by atoms with Crippen LogP contribution in [0.3, 0.4) is 0 Å². The van der Waals surface area contributed by atoms with Crippen molar-refractivity contribution in [2.24, 2.45) is 5.73 Å². The number of amides is 2. The van der Waals surface area contributed by atoms with Crippen molar-refractivity contribution in [2.75, 3.05) is 11.9 Å². The predicted octanol–water partition coefficient (Wildman–Crippen LogP) is 4.71. The van der Waals surface area contributed by atoms with Gasteiger partial charge in [-0.15, -0.1) is 0 Å². The first kappa shape index (κ1) is 22.6. The van der Waals surface area contributed by atoms with Gasteiger partial charge in [0.05, 0.1) is 18.0 Å². The van der Waals surface area contributed by atoms with E-state index < -0.39 is 0 Å². The summed E-state index contributed by atoms with van der Waals surface area (Å²) in [6.07, 6.45) is 6.76. The van der Waals surface area contributed by atoms with Crippen molar-refractivity contribution in [1.29, 1.82) is 0 Å². The first-order valence-corrected chi connectivity index (χ1v) is 12.0. The average Bonchev–Trinajstić information content (AvgIpc) is 3.51. The fraction of sp³-hybridized carbons (Fsp3) is 0.296. The van der Waals surface area contributed by atoms with E-state index in [1.54, 1.807) is 36.7 Å². The molecule has 34 heavy (non-hydrogen) atoms. The zero-order chi connectivity index (χ0) is 23.7. The van der Waals surface area contributed by atoms with Crippen LogP contribution in [0, 0.1) is 0 Å². The van der Waals surface area contributed by atoms with Crippen LogP contribution in [0.2, 0.25) is 5.02 Å². The largest absolute Gasteiger partial charge is 0.337 e. The maximum absolute atomic E-state index is 13.5. The molecule has 7 heteroatoms. The molecular formula is C27H27ClN4O2. The summed E-state index contributed by atoms with van der Waals surface area (Å²) < 4.78 is 0. The number of carbonyl (C=O) groups is 2. The second kappa shape index (κ2) is 9.57. The third kappa shape index (κ3) is 4.43. The van der Waals surface area contributed by atoms with E-state index in [4.69, 9.17) is 17.3 Å². The molecule has 2 aromatic carbocycles. The van der Waals surface area contributed by atoms with Crippen LogP contribution in [-0.2, 0) is 11.2 Å². The Morgan fingerprint density at radius 2 is 1.82 bits per heavy atom. The van der Waals surface area contributed by atoms with Gasteiger partial charge in [0.25, 0.3) is 5.91 Å². The molecule has 174 valence electrons. The summed E-state index contributed by atoms with van der Waals surface area (Å²) in [5, 5.41) is 3.57. The summed E-state index contributed by atoms with van der Waals surface area (Å²) in [5.41, 5.74) is 11.1. The number of fused-ring (bicyclic) bond motifs is 1. The van der Waals surface area contributed by atoms with E-state index in [0.717, 1.165) is 43.4 Å². The Labute approximate surface area is 204 Å². The van der Waals surface area contributed by atoms with Crippen LogP contribution in [-0.4, -0.2) is 34.3 Å². The van der Waals surface area contributed by atoms with Gasteiger partial charge in [0.2, 0.25) is 5.91 Å². The summed E-state index contributed by atoms with van der Waals surface area (Å²) in [6, 6.07) is 16.3. The molecule has 0 saturated carbocycles. The lowest BCUT2D eigenvalue weighted by Crippen LogP contribution is -2.43. The fourth-order valence-corrected chi connectivity index (χ4v) is 5.39. The van der Waals surface area contributed by atoms with Crippen molar-refractivity contribution in [3.05, 3.63) is 94.3 Å². The molecule has 3 aromatic rings. The van der Waals surface area contributed by atoms with Crippen LogP contribution in [0.15, 0.2) is 67.0 Å². The van der Waals surface area contributed by atoms with E-state index in [1.165, 1.54) is 5.56 Å². The number of nitrogens with two attached hydrogens (primary N) is 1. The number of nitrogens with one attached hydrogen (secondary N) is 1. The zero-order valence-corrected chi connectivity index (χ0v) is 19.5. The van der Waals surface area contributed by atoms with Crippen molar-refractivity contribution < 1.29 is 9.59 Å². The second-order valence-electron chi connectivity index (χ2n) is 9.01. The number of likely N-dealkylation sites (tertiary alicyclic amines) is 1. The fourth-order valence-electron chi connectivity index (χ4n) is 5.20. The van der Waals surface area contributed by atoms with Gasteiger partial charge in [-0.05, 0) is 78.8 Å². The number of anilines is 1. The van der Waals surface area contributed by atoms with Crippen LogP contribution in [0.25, 0.3) is 0 Å². The monoisotopic (exact) mass is 474 g/mol. The third-order valence-corrected chi connectivity index (χ3v) is 7.21. The molecule has 1 fully saturated rings. The molecule has 3 unspecified atom stereocenters. The maximum atomic E-state index is 13.5. The number of carbonyl (C=O) groups excluding carboxylic acids is 2. The van der Waals surface area contributed by atoms with Crippen molar-refractivity contribution in [2.45, 2.75) is 43.7 Å². The number of aromatic nitrogens is 1. The highest BCUT2D eigenvalue weighted by Gasteiger charge is 2.39. The third-order valence-electron chi connectivity index (χ3n) is 6.97. The van der Waals surface area contributed by atoms with Gasteiger partial charge in [-0.1, -0.05) is 29.8 Å². The predicted molar refractivity (Wildman–Crippen MR) is 133 cm³/mol. The molecule has 3 N–H and O–H groups in total. The molecule has 0 spiro atoms. The lowest BCUT2D eigenvalue weighted by atomic mass is 9.95. The normalized spacial score (nSPS) is 20.1. The molecule has 2 heterocycles. The summed E-state index contributed by atoms with van der Waals surface area (Å²) in [6.45, 7) is 0.725. The van der Waals surface area contributed by atoms with E-state index in [0.29, 0.717) is 16.3 Å². The average molecular weight is 475 g/mol. The second-order valence-corrected chi connectivity index (χ2v) is 9.45. The van der Waals surface area contributed by atoms with Gasteiger partial charge in [-0.3, -0.25) is 14.6 Å². The Balaban J connectivity index is 1.28. The number of rotatable bonds is 5. The minimum Gasteiger partial charge on any atom is -0.337 e. The first-order chi connectivity index (χ1) is 16.5. The summed E-state index contributed by atoms with van der Waals surface area (Å²) >= 11 is 6.14. The van der Waals surface area contributed by atoms with Crippen molar-refractivity contribution in [1.82, 2.24) is 9.88 Å². The van der Waals surface area contributed by atoms with Gasteiger partial charge >= 0.3 is 0 Å². The molecule has 1 aliphatic carbocycles. The van der Waals surface area contributed by atoms with E-state index in [9.17, 15) is 9.59 Å². The van der Waals surface area contributed by atoms with E-state index in [1.807, 2.05) is 35.2 Å². The molecule has 6 nitrogen and oxygen atoms in total. The number of benzene rings is 2. The maximum Gasteiger partial charge on any atom is 0.255 e. The summed E-state index contributed by atoms with van der Waals surface area (Å²) in [4.78, 5) is 32.0. The lowest BCUT2D eigenvalue weighted by Gasteiger charge is -2.32. The Morgan fingerprint density at radius 3 is 2.59 bits per heavy atom. The number of halogens is 1.